The minimum atomic E-state index is 0.255. The molecule has 1 rings (SSSR count). The Morgan fingerprint density at radius 2 is 1.65 bits per heavy atom. The molecule has 17 heavy (non-hydrogen) atoms. The normalized spacial score (nSPS) is 21.7. The number of hydrogen-bond acceptors (Lipinski definition) is 1. The van der Waals surface area contributed by atoms with Crippen LogP contribution in [0.5, 0.6) is 0 Å². The molecule has 1 fully saturated rings. The van der Waals surface area contributed by atoms with Gasteiger partial charge in [-0.05, 0) is 44.9 Å². The van der Waals surface area contributed by atoms with Gasteiger partial charge in [-0.1, -0.05) is 46.0 Å². The summed E-state index contributed by atoms with van der Waals surface area (Å²) in [4.78, 5) is 0. The zero-order chi connectivity index (χ0) is 12.9. The van der Waals surface area contributed by atoms with E-state index in [1.165, 1.54) is 51.5 Å². The van der Waals surface area contributed by atoms with Gasteiger partial charge in [0.25, 0.3) is 0 Å². The van der Waals surface area contributed by atoms with Crippen LogP contribution in [0.3, 0.4) is 0 Å². The van der Waals surface area contributed by atoms with E-state index in [1.54, 1.807) is 0 Å². The topological polar surface area (TPSA) is 12.0 Å². The van der Waals surface area contributed by atoms with Crippen molar-refractivity contribution < 1.29 is 0 Å². The summed E-state index contributed by atoms with van der Waals surface area (Å²) in [6.45, 7) is 12.8. The minimum Gasteiger partial charge on any atom is -0.312 e. The molecule has 1 heteroatoms. The van der Waals surface area contributed by atoms with Crippen molar-refractivity contribution in [1.29, 1.82) is 0 Å². The average Bonchev–Trinajstić information content (AvgIpc) is 2.67. The van der Waals surface area contributed by atoms with Crippen LogP contribution >= 0.6 is 0 Å². The molecule has 0 aromatic carbocycles. The molecular formula is C16H33N. The summed E-state index contributed by atoms with van der Waals surface area (Å²) in [5, 5.41) is 3.72. The smallest absolute Gasteiger partial charge is 0.00967 e. The summed E-state index contributed by atoms with van der Waals surface area (Å²) in [7, 11) is 0. The van der Waals surface area contributed by atoms with E-state index in [9.17, 15) is 0 Å². The van der Waals surface area contributed by atoms with E-state index in [2.05, 4.69) is 39.9 Å². The molecule has 1 atom stereocenters. The van der Waals surface area contributed by atoms with Gasteiger partial charge in [0.1, 0.15) is 0 Å². The fraction of sp³-hybridized carbons (Fsp3) is 1.00. The molecule has 1 aliphatic rings. The molecule has 0 bridgehead atoms. The van der Waals surface area contributed by atoms with Crippen LogP contribution < -0.4 is 5.32 Å². The van der Waals surface area contributed by atoms with Gasteiger partial charge < -0.3 is 5.32 Å². The quantitative estimate of drug-likeness (QED) is 0.704. The van der Waals surface area contributed by atoms with Crippen LogP contribution in [0.1, 0.15) is 79.6 Å². The molecule has 0 radical (unpaired) electrons. The second kappa shape index (κ2) is 6.22. The third-order valence-corrected chi connectivity index (χ3v) is 4.16. The van der Waals surface area contributed by atoms with Gasteiger partial charge in [-0.25, -0.2) is 0 Å². The first kappa shape index (κ1) is 15.0. The van der Waals surface area contributed by atoms with E-state index < -0.39 is 0 Å². The van der Waals surface area contributed by atoms with E-state index in [1.807, 2.05) is 0 Å². The highest BCUT2D eigenvalue weighted by atomic mass is 15.0. The maximum absolute atomic E-state index is 3.72. The summed E-state index contributed by atoms with van der Waals surface area (Å²) in [6, 6.07) is 0. The Labute approximate surface area is 109 Å². The van der Waals surface area contributed by atoms with Gasteiger partial charge in [-0.15, -0.1) is 0 Å². The van der Waals surface area contributed by atoms with E-state index in [-0.39, 0.29) is 5.54 Å². The molecule has 0 aromatic rings. The van der Waals surface area contributed by atoms with Gasteiger partial charge in [-0.2, -0.15) is 0 Å². The van der Waals surface area contributed by atoms with E-state index >= 15 is 0 Å². The lowest BCUT2D eigenvalue weighted by atomic mass is 9.76. The zero-order valence-corrected chi connectivity index (χ0v) is 12.7. The molecule has 0 spiro atoms. The summed E-state index contributed by atoms with van der Waals surface area (Å²) < 4.78 is 0. The Hall–Kier alpha value is -0.0400. The molecule has 1 nitrogen and oxygen atoms in total. The number of rotatable bonds is 6. The fourth-order valence-corrected chi connectivity index (χ4v) is 3.26. The van der Waals surface area contributed by atoms with Gasteiger partial charge in [-0.3, -0.25) is 0 Å². The van der Waals surface area contributed by atoms with Gasteiger partial charge in [0.2, 0.25) is 0 Å². The molecule has 0 saturated heterocycles. The van der Waals surface area contributed by atoms with Crippen LogP contribution in [0.4, 0.5) is 0 Å². The van der Waals surface area contributed by atoms with Crippen LogP contribution in [0.25, 0.3) is 0 Å². The predicted octanol–water partition coefficient (Wildman–Crippen LogP) is 4.76. The second-order valence-electron chi connectivity index (χ2n) is 7.52. The van der Waals surface area contributed by atoms with Gasteiger partial charge in [0, 0.05) is 12.1 Å². The first-order chi connectivity index (χ1) is 7.85. The Kier molecular flexibility index (Phi) is 5.50. The SMILES string of the molecule is CCCC(C)(CNC(C)(C)C)CC1CCCC1. The number of nitrogens with one attached hydrogen (secondary N) is 1. The lowest BCUT2D eigenvalue weighted by molar-refractivity contribution is 0.193. The van der Waals surface area contributed by atoms with Crippen LogP contribution in [-0.4, -0.2) is 12.1 Å². The predicted molar refractivity (Wildman–Crippen MR) is 77.3 cm³/mol. The van der Waals surface area contributed by atoms with Crippen molar-refractivity contribution in [3.8, 4) is 0 Å². The molecule has 0 heterocycles. The van der Waals surface area contributed by atoms with E-state index in [0.29, 0.717) is 5.41 Å². The summed E-state index contributed by atoms with van der Waals surface area (Å²) >= 11 is 0. The van der Waals surface area contributed by atoms with Crippen molar-refractivity contribution in [2.45, 2.75) is 85.1 Å². The summed E-state index contributed by atoms with van der Waals surface area (Å²) in [5.74, 6) is 1.01. The first-order valence-electron chi connectivity index (χ1n) is 7.60. The van der Waals surface area contributed by atoms with Crippen molar-refractivity contribution in [3.05, 3.63) is 0 Å². The van der Waals surface area contributed by atoms with E-state index in [0.717, 1.165) is 5.92 Å². The Morgan fingerprint density at radius 3 is 2.12 bits per heavy atom. The van der Waals surface area contributed by atoms with Gasteiger partial charge in [0.15, 0.2) is 0 Å². The molecule has 1 aliphatic carbocycles. The lowest BCUT2D eigenvalue weighted by Gasteiger charge is -2.35. The number of hydrogen-bond donors (Lipinski definition) is 1. The molecule has 0 aromatic heterocycles. The lowest BCUT2D eigenvalue weighted by Crippen LogP contribution is -2.43. The maximum Gasteiger partial charge on any atom is 0.00967 e. The summed E-state index contributed by atoms with van der Waals surface area (Å²) in [6.07, 6.45) is 10.0. The third-order valence-electron chi connectivity index (χ3n) is 4.16. The standard InChI is InChI=1S/C16H33N/c1-6-11-16(5,13-17-15(2,3)4)12-14-9-7-8-10-14/h14,17H,6-13H2,1-5H3. The maximum atomic E-state index is 3.72. The zero-order valence-electron chi connectivity index (χ0n) is 12.7. The highest BCUT2D eigenvalue weighted by molar-refractivity contribution is 4.84. The van der Waals surface area contributed by atoms with Crippen molar-refractivity contribution in [2.24, 2.45) is 11.3 Å². The van der Waals surface area contributed by atoms with Crippen molar-refractivity contribution >= 4 is 0 Å². The highest BCUT2D eigenvalue weighted by Crippen LogP contribution is 2.38. The molecule has 1 N–H and O–H groups in total. The van der Waals surface area contributed by atoms with Crippen molar-refractivity contribution in [2.75, 3.05) is 6.54 Å². The highest BCUT2D eigenvalue weighted by Gasteiger charge is 2.29. The van der Waals surface area contributed by atoms with Crippen LogP contribution in [0.2, 0.25) is 0 Å². The first-order valence-corrected chi connectivity index (χ1v) is 7.60. The second-order valence-corrected chi connectivity index (χ2v) is 7.52. The molecule has 0 amide bonds. The monoisotopic (exact) mass is 239 g/mol. The van der Waals surface area contributed by atoms with Crippen LogP contribution in [-0.2, 0) is 0 Å². The molecule has 102 valence electrons. The van der Waals surface area contributed by atoms with Crippen molar-refractivity contribution in [3.63, 3.8) is 0 Å². The van der Waals surface area contributed by atoms with Gasteiger partial charge >= 0.3 is 0 Å². The van der Waals surface area contributed by atoms with Crippen LogP contribution in [0, 0.1) is 11.3 Å². The molecular weight excluding hydrogens is 206 g/mol. The van der Waals surface area contributed by atoms with Gasteiger partial charge in [0.05, 0.1) is 0 Å². The largest absolute Gasteiger partial charge is 0.312 e. The Morgan fingerprint density at radius 1 is 1.06 bits per heavy atom. The van der Waals surface area contributed by atoms with Crippen molar-refractivity contribution in [1.82, 2.24) is 5.32 Å². The molecule has 0 aliphatic heterocycles. The van der Waals surface area contributed by atoms with Crippen LogP contribution in [0.15, 0.2) is 0 Å². The molecule has 1 saturated carbocycles. The Bertz CT molecular complexity index is 210. The average molecular weight is 239 g/mol. The molecule has 1 unspecified atom stereocenters. The summed E-state index contributed by atoms with van der Waals surface area (Å²) in [5.41, 5.74) is 0.766. The minimum absolute atomic E-state index is 0.255. The Balaban J connectivity index is 2.47. The van der Waals surface area contributed by atoms with E-state index in [4.69, 9.17) is 0 Å². The fourth-order valence-electron chi connectivity index (χ4n) is 3.26. The third kappa shape index (κ3) is 5.90.